The van der Waals surface area contributed by atoms with Crippen molar-refractivity contribution in [1.29, 1.82) is 0 Å². The van der Waals surface area contributed by atoms with Crippen molar-refractivity contribution >= 4 is 5.97 Å². The monoisotopic (exact) mass is 299 g/mol. The molecule has 0 radical (unpaired) electrons. The van der Waals surface area contributed by atoms with Crippen LogP contribution >= 0.6 is 0 Å². The first-order valence-corrected chi connectivity index (χ1v) is 8.06. The summed E-state index contributed by atoms with van der Waals surface area (Å²) in [4.78, 5) is 18.4. The van der Waals surface area contributed by atoms with E-state index in [9.17, 15) is 4.79 Å². The van der Waals surface area contributed by atoms with Crippen molar-refractivity contribution < 1.29 is 14.3 Å². The van der Waals surface area contributed by atoms with Gasteiger partial charge in [0, 0.05) is 52.4 Å². The summed E-state index contributed by atoms with van der Waals surface area (Å²) >= 11 is 0. The maximum absolute atomic E-state index is 11.2. The fourth-order valence-corrected chi connectivity index (χ4v) is 3.01. The smallest absolute Gasteiger partial charge is 0.306 e. The molecular formula is C15H29N3O3. The van der Waals surface area contributed by atoms with E-state index in [0.717, 1.165) is 65.5 Å². The summed E-state index contributed by atoms with van der Waals surface area (Å²) in [5.74, 6) is -0.118. The molecule has 0 aromatic rings. The Kier molecular flexibility index (Phi) is 6.89. The molecule has 1 unspecified atom stereocenters. The molecule has 21 heavy (non-hydrogen) atoms. The summed E-state index contributed by atoms with van der Waals surface area (Å²) in [6, 6.07) is 0. The number of esters is 1. The van der Waals surface area contributed by atoms with Crippen molar-refractivity contribution in [2.75, 3.05) is 72.6 Å². The number of hydrogen-bond donors (Lipinski definition) is 0. The Morgan fingerprint density at radius 1 is 1.14 bits per heavy atom. The Morgan fingerprint density at radius 2 is 1.86 bits per heavy atom. The van der Waals surface area contributed by atoms with E-state index in [4.69, 9.17) is 4.74 Å². The molecule has 0 spiro atoms. The number of ether oxygens (including phenoxy) is 2. The molecule has 2 rings (SSSR count). The number of carbonyl (C=O) groups excluding carboxylic acids is 1. The van der Waals surface area contributed by atoms with Crippen LogP contribution in [0.25, 0.3) is 0 Å². The van der Waals surface area contributed by atoms with Crippen molar-refractivity contribution in [3.05, 3.63) is 0 Å². The summed E-state index contributed by atoms with van der Waals surface area (Å²) in [5, 5.41) is 0. The van der Waals surface area contributed by atoms with Crippen LogP contribution in [0.4, 0.5) is 0 Å². The lowest BCUT2D eigenvalue weighted by Gasteiger charge is -2.39. The molecule has 6 heteroatoms. The van der Waals surface area contributed by atoms with Gasteiger partial charge in [-0.25, -0.2) is 0 Å². The minimum absolute atomic E-state index is 0.118. The van der Waals surface area contributed by atoms with Gasteiger partial charge >= 0.3 is 5.97 Å². The third kappa shape index (κ3) is 5.54. The average Bonchev–Trinajstić information content (AvgIpc) is 2.54. The fraction of sp³-hybridized carbons (Fsp3) is 0.933. The van der Waals surface area contributed by atoms with Gasteiger partial charge in [0.1, 0.15) is 0 Å². The van der Waals surface area contributed by atoms with Crippen LogP contribution < -0.4 is 0 Å². The zero-order valence-corrected chi connectivity index (χ0v) is 13.4. The number of methoxy groups -OCH3 is 1. The largest absolute Gasteiger partial charge is 0.469 e. The minimum Gasteiger partial charge on any atom is -0.469 e. The van der Waals surface area contributed by atoms with E-state index in [1.54, 1.807) is 0 Å². The SMILES string of the molecule is CCN1CCOC(CN2CCN(CCC(=O)OC)CC2)C1. The summed E-state index contributed by atoms with van der Waals surface area (Å²) in [7, 11) is 1.45. The van der Waals surface area contributed by atoms with Crippen LogP contribution in [-0.2, 0) is 14.3 Å². The lowest BCUT2D eigenvalue weighted by molar-refractivity contribution is -0.141. The molecule has 0 aromatic heterocycles. The van der Waals surface area contributed by atoms with Crippen LogP contribution in [0.15, 0.2) is 0 Å². The van der Waals surface area contributed by atoms with Gasteiger partial charge in [0.25, 0.3) is 0 Å². The number of rotatable bonds is 6. The molecule has 2 aliphatic rings. The first-order valence-electron chi connectivity index (χ1n) is 8.06. The van der Waals surface area contributed by atoms with E-state index in [1.165, 1.54) is 7.11 Å². The highest BCUT2D eigenvalue weighted by Gasteiger charge is 2.24. The van der Waals surface area contributed by atoms with Gasteiger partial charge in [-0.2, -0.15) is 0 Å². The number of carbonyl (C=O) groups is 1. The normalized spacial score (nSPS) is 25.9. The first-order chi connectivity index (χ1) is 10.2. The van der Waals surface area contributed by atoms with Crippen molar-refractivity contribution in [2.45, 2.75) is 19.4 Å². The second-order valence-corrected chi connectivity index (χ2v) is 5.85. The number of likely N-dealkylation sites (N-methyl/N-ethyl adjacent to an activating group) is 1. The Hall–Kier alpha value is -0.690. The maximum atomic E-state index is 11.2. The third-order valence-corrected chi connectivity index (χ3v) is 4.46. The molecule has 0 aliphatic carbocycles. The van der Waals surface area contributed by atoms with Gasteiger partial charge in [0.15, 0.2) is 0 Å². The van der Waals surface area contributed by atoms with Gasteiger partial charge in [0.2, 0.25) is 0 Å². The van der Waals surface area contributed by atoms with Crippen LogP contribution in [-0.4, -0.2) is 99.4 Å². The predicted octanol–water partition coefficient (Wildman–Crippen LogP) is -0.112. The molecule has 0 bridgehead atoms. The zero-order valence-electron chi connectivity index (χ0n) is 13.4. The van der Waals surface area contributed by atoms with Crippen molar-refractivity contribution in [3.63, 3.8) is 0 Å². The molecule has 0 aromatic carbocycles. The number of piperazine rings is 1. The van der Waals surface area contributed by atoms with Crippen molar-refractivity contribution in [2.24, 2.45) is 0 Å². The predicted molar refractivity (Wildman–Crippen MR) is 81.4 cm³/mol. The molecule has 122 valence electrons. The van der Waals surface area contributed by atoms with Gasteiger partial charge in [-0.3, -0.25) is 14.6 Å². The molecule has 2 heterocycles. The summed E-state index contributed by atoms with van der Waals surface area (Å²) in [5.41, 5.74) is 0. The van der Waals surface area contributed by atoms with E-state index < -0.39 is 0 Å². The third-order valence-electron chi connectivity index (χ3n) is 4.46. The quantitative estimate of drug-likeness (QED) is 0.638. The zero-order chi connectivity index (χ0) is 15.1. The summed E-state index contributed by atoms with van der Waals surface area (Å²) < 4.78 is 10.6. The highest BCUT2D eigenvalue weighted by Crippen LogP contribution is 2.09. The molecule has 0 saturated carbocycles. The van der Waals surface area contributed by atoms with Crippen LogP contribution in [0, 0.1) is 0 Å². The highest BCUT2D eigenvalue weighted by molar-refractivity contribution is 5.69. The fourth-order valence-electron chi connectivity index (χ4n) is 3.01. The Balaban J connectivity index is 1.63. The molecule has 2 aliphatic heterocycles. The lowest BCUT2D eigenvalue weighted by atomic mass is 10.2. The average molecular weight is 299 g/mol. The highest BCUT2D eigenvalue weighted by atomic mass is 16.5. The van der Waals surface area contributed by atoms with E-state index in [-0.39, 0.29) is 5.97 Å². The van der Waals surface area contributed by atoms with Crippen molar-refractivity contribution in [1.82, 2.24) is 14.7 Å². The molecule has 2 fully saturated rings. The van der Waals surface area contributed by atoms with Crippen LogP contribution in [0.3, 0.4) is 0 Å². The van der Waals surface area contributed by atoms with E-state index in [2.05, 4.69) is 26.4 Å². The van der Waals surface area contributed by atoms with Gasteiger partial charge in [-0.1, -0.05) is 6.92 Å². The van der Waals surface area contributed by atoms with Crippen LogP contribution in [0.5, 0.6) is 0 Å². The van der Waals surface area contributed by atoms with Gasteiger partial charge in [0.05, 0.1) is 26.2 Å². The number of hydrogen-bond acceptors (Lipinski definition) is 6. The number of nitrogens with zero attached hydrogens (tertiary/aromatic N) is 3. The second kappa shape index (κ2) is 8.68. The Labute approximate surface area is 128 Å². The van der Waals surface area contributed by atoms with Crippen LogP contribution in [0.1, 0.15) is 13.3 Å². The minimum atomic E-state index is -0.118. The van der Waals surface area contributed by atoms with Gasteiger partial charge < -0.3 is 14.4 Å². The molecule has 0 N–H and O–H groups in total. The van der Waals surface area contributed by atoms with Crippen molar-refractivity contribution in [3.8, 4) is 0 Å². The first kappa shape index (κ1) is 16.7. The van der Waals surface area contributed by atoms with E-state index >= 15 is 0 Å². The topological polar surface area (TPSA) is 45.2 Å². The number of morpholine rings is 1. The maximum Gasteiger partial charge on any atom is 0.306 e. The molecule has 2 saturated heterocycles. The van der Waals surface area contributed by atoms with Gasteiger partial charge in [-0.15, -0.1) is 0 Å². The summed E-state index contributed by atoms with van der Waals surface area (Å²) in [6.45, 7) is 12.3. The van der Waals surface area contributed by atoms with E-state index in [0.29, 0.717) is 12.5 Å². The second-order valence-electron chi connectivity index (χ2n) is 5.85. The molecule has 6 nitrogen and oxygen atoms in total. The Bertz CT molecular complexity index is 319. The molecular weight excluding hydrogens is 270 g/mol. The standard InChI is InChI=1S/C15H29N3O3/c1-3-16-10-11-21-14(12-16)13-18-8-6-17(7-9-18)5-4-15(19)20-2/h14H,3-13H2,1-2H3. The summed E-state index contributed by atoms with van der Waals surface area (Å²) in [6.07, 6.45) is 0.841. The molecule has 1 atom stereocenters. The van der Waals surface area contributed by atoms with E-state index in [1.807, 2.05) is 0 Å². The van der Waals surface area contributed by atoms with Crippen LogP contribution in [0.2, 0.25) is 0 Å². The molecule has 0 amide bonds. The lowest BCUT2D eigenvalue weighted by Crippen LogP contribution is -2.52. The van der Waals surface area contributed by atoms with Gasteiger partial charge in [-0.05, 0) is 6.54 Å². The Morgan fingerprint density at radius 3 is 2.52 bits per heavy atom.